The Bertz CT molecular complexity index is 902. The Morgan fingerprint density at radius 3 is 2.42 bits per heavy atom. The lowest BCUT2D eigenvalue weighted by Crippen LogP contribution is -2.63. The molecule has 0 aromatic heterocycles. The molecule has 1 fully saturated rings. The molecule has 0 spiro atoms. The van der Waals surface area contributed by atoms with Gasteiger partial charge in [0, 0.05) is 19.4 Å². The van der Waals surface area contributed by atoms with Crippen molar-refractivity contribution in [1.29, 1.82) is 0 Å². The molecule has 1 aliphatic rings. The zero-order valence-corrected chi connectivity index (χ0v) is 21.4. The van der Waals surface area contributed by atoms with E-state index in [0.29, 0.717) is 6.42 Å². The van der Waals surface area contributed by atoms with Gasteiger partial charge in [-0.3, -0.25) is 14.5 Å². The average molecular weight is 515 g/mol. The van der Waals surface area contributed by atoms with Gasteiger partial charge < -0.3 is 24.6 Å². The fourth-order valence-electron chi connectivity index (χ4n) is 3.88. The summed E-state index contributed by atoms with van der Waals surface area (Å²) in [5, 5.41) is 13.9. The van der Waals surface area contributed by atoms with Crippen molar-refractivity contribution < 1.29 is 42.5 Å². The summed E-state index contributed by atoms with van der Waals surface area (Å²) in [5.74, 6) is -2.45. The van der Waals surface area contributed by atoms with Crippen LogP contribution < -0.4 is 5.32 Å². The molecule has 1 saturated heterocycles. The van der Waals surface area contributed by atoms with E-state index >= 15 is 0 Å². The summed E-state index contributed by atoms with van der Waals surface area (Å²) in [5.41, 5.74) is -0.615. The van der Waals surface area contributed by atoms with E-state index in [0.717, 1.165) is 18.2 Å². The molecule has 4 unspecified atom stereocenters. The lowest BCUT2D eigenvalue weighted by atomic mass is 9.94. The third kappa shape index (κ3) is 9.34. The van der Waals surface area contributed by atoms with Crippen LogP contribution in [0.15, 0.2) is 18.2 Å². The van der Waals surface area contributed by atoms with Crippen LogP contribution in [0, 0.1) is 11.6 Å². The second kappa shape index (κ2) is 13.0. The maximum atomic E-state index is 13.7. The Morgan fingerprint density at radius 1 is 1.22 bits per heavy atom. The first-order chi connectivity index (χ1) is 16.8. The number of nitrogens with zero attached hydrogens (tertiary/aromatic N) is 1. The molecule has 9 nitrogen and oxygen atoms in total. The number of benzene rings is 1. The molecule has 202 valence electrons. The van der Waals surface area contributed by atoms with Crippen LogP contribution in [-0.4, -0.2) is 77.6 Å². The number of amides is 2. The Morgan fingerprint density at radius 2 is 1.86 bits per heavy atom. The minimum absolute atomic E-state index is 0.0442. The third-order valence-corrected chi connectivity index (χ3v) is 5.39. The summed E-state index contributed by atoms with van der Waals surface area (Å²) in [6.45, 7) is 7.89. The van der Waals surface area contributed by atoms with Crippen molar-refractivity contribution in [2.75, 3.05) is 19.8 Å². The lowest BCUT2D eigenvalue weighted by molar-refractivity contribution is -0.155. The highest BCUT2D eigenvalue weighted by Crippen LogP contribution is 2.23. The fourth-order valence-corrected chi connectivity index (χ4v) is 3.88. The van der Waals surface area contributed by atoms with Crippen LogP contribution in [0.4, 0.5) is 13.6 Å². The first-order valence-electron chi connectivity index (χ1n) is 12.0. The van der Waals surface area contributed by atoms with Crippen molar-refractivity contribution in [3.05, 3.63) is 35.4 Å². The number of aliphatic hydroxyl groups is 1. The van der Waals surface area contributed by atoms with Crippen molar-refractivity contribution in [2.45, 2.75) is 83.8 Å². The first-order valence-corrected chi connectivity index (χ1v) is 12.0. The number of nitrogens with one attached hydrogen (secondary N) is 1. The molecule has 0 radical (unpaired) electrons. The number of carbonyl (C=O) groups excluding carboxylic acids is 3. The zero-order valence-electron chi connectivity index (χ0n) is 21.4. The second-order valence-electron chi connectivity index (χ2n) is 9.87. The molecule has 36 heavy (non-hydrogen) atoms. The number of morpholine rings is 1. The zero-order chi connectivity index (χ0) is 27.0. The van der Waals surface area contributed by atoms with E-state index in [2.05, 4.69) is 5.32 Å². The normalized spacial score (nSPS) is 19.8. The van der Waals surface area contributed by atoms with Gasteiger partial charge in [0.15, 0.2) is 0 Å². The fraction of sp³-hybridized carbons (Fsp3) is 0.640. The molecule has 1 aromatic carbocycles. The van der Waals surface area contributed by atoms with Crippen molar-refractivity contribution in [3.8, 4) is 0 Å². The molecule has 0 bridgehead atoms. The SMILES string of the molecule is CCCC(=O)OCC1CN(C(=O)OC(C)(C)C)C(C(O)C(Cc2cc(F)cc(F)c2)NC(C)=O)CO1. The second-order valence-corrected chi connectivity index (χ2v) is 9.87. The highest BCUT2D eigenvalue weighted by Gasteiger charge is 2.42. The van der Waals surface area contributed by atoms with Gasteiger partial charge in [-0.2, -0.15) is 0 Å². The largest absolute Gasteiger partial charge is 0.463 e. The van der Waals surface area contributed by atoms with Gasteiger partial charge in [-0.1, -0.05) is 6.92 Å². The Kier molecular flexibility index (Phi) is 10.6. The highest BCUT2D eigenvalue weighted by atomic mass is 19.1. The lowest BCUT2D eigenvalue weighted by Gasteiger charge is -2.43. The van der Waals surface area contributed by atoms with Crippen molar-refractivity contribution in [1.82, 2.24) is 10.2 Å². The predicted molar refractivity (Wildman–Crippen MR) is 126 cm³/mol. The molecule has 2 N–H and O–H groups in total. The topological polar surface area (TPSA) is 114 Å². The molecule has 1 aromatic rings. The highest BCUT2D eigenvalue weighted by molar-refractivity contribution is 5.73. The molecule has 1 heterocycles. The smallest absolute Gasteiger partial charge is 0.410 e. The van der Waals surface area contributed by atoms with Gasteiger partial charge >= 0.3 is 12.1 Å². The van der Waals surface area contributed by atoms with Crippen LogP contribution in [0.3, 0.4) is 0 Å². The molecule has 11 heteroatoms. The minimum Gasteiger partial charge on any atom is -0.463 e. The number of carbonyl (C=O) groups is 3. The van der Waals surface area contributed by atoms with E-state index in [4.69, 9.17) is 14.2 Å². The number of hydrogen-bond acceptors (Lipinski definition) is 7. The first kappa shape index (κ1) is 29.4. The third-order valence-electron chi connectivity index (χ3n) is 5.39. The minimum atomic E-state index is -1.38. The summed E-state index contributed by atoms with van der Waals surface area (Å²) in [6, 6.07) is 0.974. The van der Waals surface area contributed by atoms with Crippen molar-refractivity contribution in [3.63, 3.8) is 0 Å². The molecular weight excluding hydrogens is 478 g/mol. The average Bonchev–Trinajstić information content (AvgIpc) is 2.74. The van der Waals surface area contributed by atoms with E-state index in [9.17, 15) is 28.3 Å². The van der Waals surface area contributed by atoms with Crippen LogP contribution in [0.5, 0.6) is 0 Å². The standard InChI is InChI=1S/C25H36F2N2O7/c1-6-7-22(31)35-13-19-12-29(24(33)36-25(3,4)5)21(14-34-19)23(32)20(28-15(2)30)10-16-8-17(26)11-18(27)9-16/h8-9,11,19-21,23,32H,6-7,10,12-14H2,1-5H3,(H,28,30). The molecule has 2 rings (SSSR count). The van der Waals surface area contributed by atoms with Crippen molar-refractivity contribution >= 4 is 18.0 Å². The molecule has 1 aliphatic heterocycles. The molecule has 2 amide bonds. The maximum Gasteiger partial charge on any atom is 0.410 e. The van der Waals surface area contributed by atoms with Crippen LogP contribution in [0.1, 0.15) is 53.0 Å². The van der Waals surface area contributed by atoms with Gasteiger partial charge in [-0.05, 0) is 51.3 Å². The van der Waals surface area contributed by atoms with E-state index in [1.165, 1.54) is 11.8 Å². The van der Waals surface area contributed by atoms with Gasteiger partial charge in [0.05, 0.1) is 31.3 Å². The van der Waals surface area contributed by atoms with Gasteiger partial charge in [-0.15, -0.1) is 0 Å². The number of rotatable bonds is 9. The summed E-state index contributed by atoms with van der Waals surface area (Å²) in [4.78, 5) is 38.0. The summed E-state index contributed by atoms with van der Waals surface area (Å²) < 4.78 is 44.0. The summed E-state index contributed by atoms with van der Waals surface area (Å²) in [6.07, 6.45) is -1.98. The maximum absolute atomic E-state index is 13.7. The molecular formula is C25H36F2N2O7. The quantitative estimate of drug-likeness (QED) is 0.487. The van der Waals surface area contributed by atoms with Gasteiger partial charge in [0.1, 0.15) is 29.9 Å². The van der Waals surface area contributed by atoms with Gasteiger partial charge in [-0.25, -0.2) is 13.6 Å². The number of halogens is 2. The monoisotopic (exact) mass is 514 g/mol. The molecule has 4 atom stereocenters. The van der Waals surface area contributed by atoms with Crippen molar-refractivity contribution in [2.24, 2.45) is 0 Å². The van der Waals surface area contributed by atoms with E-state index in [1.54, 1.807) is 20.8 Å². The van der Waals surface area contributed by atoms with Crippen LogP contribution in [0.2, 0.25) is 0 Å². The van der Waals surface area contributed by atoms with Crippen LogP contribution in [0.25, 0.3) is 0 Å². The molecule has 0 saturated carbocycles. The Hall–Kier alpha value is -2.79. The number of aliphatic hydroxyl groups excluding tert-OH is 1. The van der Waals surface area contributed by atoms with E-state index in [-0.39, 0.29) is 44.1 Å². The number of ether oxygens (including phenoxy) is 3. The number of esters is 1. The van der Waals surface area contributed by atoms with E-state index in [1.807, 2.05) is 6.92 Å². The van der Waals surface area contributed by atoms with Gasteiger partial charge in [0.2, 0.25) is 5.91 Å². The van der Waals surface area contributed by atoms with E-state index < -0.39 is 53.5 Å². The van der Waals surface area contributed by atoms with Crippen LogP contribution >= 0.6 is 0 Å². The van der Waals surface area contributed by atoms with Gasteiger partial charge in [0.25, 0.3) is 0 Å². The Labute approximate surface area is 210 Å². The predicted octanol–water partition coefficient (Wildman–Crippen LogP) is 2.72. The molecule has 0 aliphatic carbocycles. The van der Waals surface area contributed by atoms with Crippen LogP contribution in [-0.2, 0) is 30.2 Å². The Balaban J connectivity index is 2.26. The summed E-state index contributed by atoms with van der Waals surface area (Å²) >= 11 is 0. The number of hydrogen-bond donors (Lipinski definition) is 2. The summed E-state index contributed by atoms with van der Waals surface area (Å²) in [7, 11) is 0.